The number of benzene rings is 1. The van der Waals surface area contributed by atoms with Crippen molar-refractivity contribution in [3.63, 3.8) is 0 Å². The number of nitrogens with one attached hydrogen (secondary N) is 1. The van der Waals surface area contributed by atoms with Gasteiger partial charge >= 0.3 is 0 Å². The minimum absolute atomic E-state index is 0.296. The lowest BCUT2D eigenvalue weighted by Crippen LogP contribution is -2.13. The summed E-state index contributed by atoms with van der Waals surface area (Å²) in [6.07, 6.45) is 1.83. The first-order valence-corrected chi connectivity index (χ1v) is 6.65. The lowest BCUT2D eigenvalue weighted by Gasteiger charge is -2.07. The molecule has 2 aromatic rings. The molecule has 19 heavy (non-hydrogen) atoms. The molecular formula is C14H17ClFN3. The molecule has 0 fully saturated rings. The van der Waals surface area contributed by atoms with Crippen molar-refractivity contribution in [1.82, 2.24) is 15.1 Å². The van der Waals surface area contributed by atoms with Crippen LogP contribution in [-0.2, 0) is 13.1 Å². The first-order valence-electron chi connectivity index (χ1n) is 6.27. The second kappa shape index (κ2) is 6.17. The molecule has 0 aliphatic rings. The Morgan fingerprint density at radius 1 is 1.37 bits per heavy atom. The number of hydrogen-bond acceptors (Lipinski definition) is 2. The van der Waals surface area contributed by atoms with Crippen LogP contribution in [0.2, 0.25) is 5.02 Å². The van der Waals surface area contributed by atoms with E-state index in [0.29, 0.717) is 17.1 Å². The Kier molecular flexibility index (Phi) is 4.56. The highest BCUT2D eigenvalue weighted by Gasteiger charge is 2.09. The fourth-order valence-corrected chi connectivity index (χ4v) is 2.05. The molecule has 1 aromatic heterocycles. The van der Waals surface area contributed by atoms with Crippen molar-refractivity contribution in [2.24, 2.45) is 0 Å². The van der Waals surface area contributed by atoms with E-state index in [1.54, 1.807) is 16.8 Å². The highest BCUT2D eigenvalue weighted by Crippen LogP contribution is 2.17. The maximum Gasteiger partial charge on any atom is 0.129 e. The Labute approximate surface area is 117 Å². The van der Waals surface area contributed by atoms with Crippen molar-refractivity contribution in [3.8, 4) is 0 Å². The SMILES string of the molecule is CCNCc1cnn(Cc2ccc(Cl)cc2F)c1C. The second-order valence-corrected chi connectivity index (χ2v) is 4.87. The molecular weight excluding hydrogens is 265 g/mol. The normalized spacial score (nSPS) is 10.9. The van der Waals surface area contributed by atoms with Gasteiger partial charge in [0.1, 0.15) is 5.82 Å². The molecule has 102 valence electrons. The second-order valence-electron chi connectivity index (χ2n) is 4.43. The third-order valence-electron chi connectivity index (χ3n) is 3.11. The molecule has 0 saturated heterocycles. The van der Waals surface area contributed by atoms with Crippen LogP contribution in [0.4, 0.5) is 4.39 Å². The number of hydrogen-bond donors (Lipinski definition) is 1. The smallest absolute Gasteiger partial charge is 0.129 e. The van der Waals surface area contributed by atoms with E-state index in [9.17, 15) is 4.39 Å². The van der Waals surface area contributed by atoms with Crippen molar-refractivity contribution in [3.05, 3.63) is 52.1 Å². The maximum absolute atomic E-state index is 13.7. The van der Waals surface area contributed by atoms with Gasteiger partial charge in [-0.1, -0.05) is 24.6 Å². The van der Waals surface area contributed by atoms with E-state index in [1.807, 2.05) is 13.1 Å². The van der Waals surface area contributed by atoms with Gasteiger partial charge in [0.25, 0.3) is 0 Å². The molecule has 0 spiro atoms. The van der Waals surface area contributed by atoms with E-state index in [2.05, 4.69) is 17.3 Å². The summed E-state index contributed by atoms with van der Waals surface area (Å²) in [5.74, 6) is -0.296. The summed E-state index contributed by atoms with van der Waals surface area (Å²) in [5.41, 5.74) is 2.78. The van der Waals surface area contributed by atoms with E-state index in [4.69, 9.17) is 11.6 Å². The van der Waals surface area contributed by atoms with Crippen LogP contribution in [-0.4, -0.2) is 16.3 Å². The van der Waals surface area contributed by atoms with Gasteiger partial charge in [-0.05, 0) is 25.6 Å². The molecule has 0 atom stereocenters. The first kappa shape index (κ1) is 14.0. The lowest BCUT2D eigenvalue weighted by atomic mass is 10.2. The third kappa shape index (κ3) is 3.33. The summed E-state index contributed by atoms with van der Waals surface area (Å²) in [7, 11) is 0. The molecule has 2 rings (SSSR count). The lowest BCUT2D eigenvalue weighted by molar-refractivity contribution is 0.579. The standard InChI is InChI=1S/C14H17ClFN3/c1-3-17-7-12-8-18-19(10(12)2)9-11-4-5-13(15)6-14(11)16/h4-6,8,17H,3,7,9H2,1-2H3. The number of rotatable bonds is 5. The minimum Gasteiger partial charge on any atom is -0.313 e. The molecule has 3 nitrogen and oxygen atoms in total. The van der Waals surface area contributed by atoms with E-state index < -0.39 is 0 Å². The van der Waals surface area contributed by atoms with Crippen LogP contribution in [0.5, 0.6) is 0 Å². The van der Waals surface area contributed by atoms with Crippen LogP contribution in [0.15, 0.2) is 24.4 Å². The average Bonchev–Trinajstić information content (AvgIpc) is 2.72. The molecule has 1 N–H and O–H groups in total. The van der Waals surface area contributed by atoms with Crippen molar-refractivity contribution in [2.75, 3.05) is 6.54 Å². The summed E-state index contributed by atoms with van der Waals surface area (Å²) in [6.45, 7) is 6.17. The quantitative estimate of drug-likeness (QED) is 0.912. The molecule has 0 saturated carbocycles. The zero-order valence-corrected chi connectivity index (χ0v) is 11.8. The zero-order valence-electron chi connectivity index (χ0n) is 11.1. The van der Waals surface area contributed by atoms with Gasteiger partial charge in [0.15, 0.2) is 0 Å². The summed E-state index contributed by atoms with van der Waals surface area (Å²) >= 11 is 5.74. The molecule has 0 unspecified atom stereocenters. The summed E-state index contributed by atoms with van der Waals surface area (Å²) in [6, 6.07) is 4.72. The van der Waals surface area contributed by atoms with Gasteiger partial charge in [0.2, 0.25) is 0 Å². The fourth-order valence-electron chi connectivity index (χ4n) is 1.89. The largest absolute Gasteiger partial charge is 0.313 e. The fraction of sp³-hybridized carbons (Fsp3) is 0.357. The molecule has 0 amide bonds. The molecule has 0 aliphatic heterocycles. The summed E-state index contributed by atoms with van der Waals surface area (Å²) in [4.78, 5) is 0. The maximum atomic E-state index is 13.7. The Hall–Kier alpha value is -1.39. The first-order chi connectivity index (χ1) is 9.11. The van der Waals surface area contributed by atoms with Gasteiger partial charge in [-0.3, -0.25) is 4.68 Å². The summed E-state index contributed by atoms with van der Waals surface area (Å²) in [5, 5.41) is 7.97. The van der Waals surface area contributed by atoms with Crippen molar-refractivity contribution in [1.29, 1.82) is 0 Å². The molecule has 0 aliphatic carbocycles. The van der Waals surface area contributed by atoms with Crippen molar-refractivity contribution in [2.45, 2.75) is 26.9 Å². The van der Waals surface area contributed by atoms with Crippen molar-refractivity contribution < 1.29 is 4.39 Å². The predicted molar refractivity (Wildman–Crippen MR) is 74.9 cm³/mol. The Bertz CT molecular complexity index is 566. The van der Waals surface area contributed by atoms with E-state index in [1.165, 1.54) is 6.07 Å². The Morgan fingerprint density at radius 3 is 2.84 bits per heavy atom. The van der Waals surface area contributed by atoms with Crippen molar-refractivity contribution >= 4 is 11.6 Å². The zero-order chi connectivity index (χ0) is 13.8. The third-order valence-corrected chi connectivity index (χ3v) is 3.34. The van der Waals surface area contributed by atoms with Crippen LogP contribution in [0, 0.1) is 12.7 Å². The Morgan fingerprint density at radius 2 is 2.16 bits per heavy atom. The van der Waals surface area contributed by atoms with Gasteiger partial charge in [-0.25, -0.2) is 4.39 Å². The molecule has 0 bridgehead atoms. The predicted octanol–water partition coefficient (Wildman–Crippen LogP) is 3.14. The van der Waals surface area contributed by atoms with E-state index in [-0.39, 0.29) is 5.82 Å². The monoisotopic (exact) mass is 281 g/mol. The van der Waals surface area contributed by atoms with Gasteiger partial charge in [-0.2, -0.15) is 5.10 Å². The topological polar surface area (TPSA) is 29.9 Å². The van der Waals surface area contributed by atoms with E-state index >= 15 is 0 Å². The van der Waals surface area contributed by atoms with Gasteiger partial charge in [0, 0.05) is 28.4 Å². The molecule has 5 heteroatoms. The number of aromatic nitrogens is 2. The van der Waals surface area contributed by atoms with Crippen LogP contribution < -0.4 is 5.32 Å². The highest BCUT2D eigenvalue weighted by molar-refractivity contribution is 6.30. The average molecular weight is 282 g/mol. The molecule has 1 aromatic carbocycles. The minimum atomic E-state index is -0.296. The van der Waals surface area contributed by atoms with Crippen LogP contribution >= 0.6 is 11.6 Å². The molecule has 1 heterocycles. The number of nitrogens with zero attached hydrogens (tertiary/aromatic N) is 2. The number of halogens is 2. The van der Waals surface area contributed by atoms with E-state index in [0.717, 1.165) is 24.3 Å². The highest BCUT2D eigenvalue weighted by atomic mass is 35.5. The van der Waals surface area contributed by atoms with Gasteiger partial charge in [0.05, 0.1) is 12.7 Å². The van der Waals surface area contributed by atoms with Crippen LogP contribution in [0.1, 0.15) is 23.7 Å². The van der Waals surface area contributed by atoms with Gasteiger partial charge in [-0.15, -0.1) is 0 Å². The van der Waals surface area contributed by atoms with Crippen LogP contribution in [0.3, 0.4) is 0 Å². The summed E-state index contributed by atoms with van der Waals surface area (Å²) < 4.78 is 15.5. The van der Waals surface area contributed by atoms with Gasteiger partial charge < -0.3 is 5.32 Å². The van der Waals surface area contributed by atoms with Crippen LogP contribution in [0.25, 0.3) is 0 Å². The Balaban J connectivity index is 2.17. The molecule has 0 radical (unpaired) electrons.